The predicted octanol–water partition coefficient (Wildman–Crippen LogP) is 5.83. The van der Waals surface area contributed by atoms with E-state index in [2.05, 4.69) is 40.9 Å². The number of aromatic nitrogens is 3. The number of benzene rings is 1. The third kappa shape index (κ3) is 4.53. The highest BCUT2D eigenvalue weighted by Crippen LogP contribution is 2.38. The lowest BCUT2D eigenvalue weighted by Gasteiger charge is -2.38. The van der Waals surface area contributed by atoms with E-state index in [1.54, 1.807) is 10.6 Å². The fraction of sp³-hybridized carbons (Fsp3) is 0.222. The Labute approximate surface area is 189 Å². The number of fused-ring (bicyclic) bond motifs is 1. The summed E-state index contributed by atoms with van der Waals surface area (Å²) in [5.41, 5.74) is 12.1. The van der Waals surface area contributed by atoms with Crippen molar-refractivity contribution < 1.29 is 0 Å². The molecule has 5 nitrogen and oxygen atoms in total. The van der Waals surface area contributed by atoms with E-state index in [9.17, 15) is 0 Å². The van der Waals surface area contributed by atoms with Gasteiger partial charge in [-0.15, -0.1) is 0 Å². The molecule has 162 valence electrons. The number of rotatable bonds is 7. The standard InChI is InChI=1S/C27H29N5/c1-4-6-8-21(5-2)9-12-23-19-29-25-17-20(3)31-32(25)26(23)30-18-22-10-13-24(14-11-22)27(28)15-7-16-27/h4-6,8-14,17-19H,1,7,15-16,28H2,2-3H3/b8-6-,12-9+,21-5+,30-18+. The van der Waals surface area contributed by atoms with Gasteiger partial charge in [0.1, 0.15) is 0 Å². The monoisotopic (exact) mass is 423 g/mol. The van der Waals surface area contributed by atoms with Crippen LogP contribution in [0.15, 0.2) is 84.1 Å². The van der Waals surface area contributed by atoms with Crippen molar-refractivity contribution >= 4 is 23.8 Å². The van der Waals surface area contributed by atoms with Crippen molar-refractivity contribution in [2.24, 2.45) is 10.7 Å². The predicted molar refractivity (Wildman–Crippen MR) is 133 cm³/mol. The minimum absolute atomic E-state index is 0.151. The second-order valence-electron chi connectivity index (χ2n) is 8.20. The first-order chi connectivity index (χ1) is 15.5. The summed E-state index contributed by atoms with van der Waals surface area (Å²) < 4.78 is 1.79. The number of nitrogens with zero attached hydrogens (tertiary/aromatic N) is 4. The van der Waals surface area contributed by atoms with Crippen molar-refractivity contribution in [1.82, 2.24) is 14.6 Å². The minimum atomic E-state index is -0.151. The van der Waals surface area contributed by atoms with Crippen LogP contribution in [0, 0.1) is 6.92 Å². The Morgan fingerprint density at radius 3 is 2.66 bits per heavy atom. The van der Waals surface area contributed by atoms with Crippen molar-refractivity contribution in [2.45, 2.75) is 38.6 Å². The van der Waals surface area contributed by atoms with Gasteiger partial charge in [-0.3, -0.25) is 0 Å². The molecule has 2 heterocycles. The Hall–Kier alpha value is -3.57. The van der Waals surface area contributed by atoms with Gasteiger partial charge in [0, 0.05) is 29.6 Å². The van der Waals surface area contributed by atoms with E-state index in [1.807, 2.05) is 62.7 Å². The summed E-state index contributed by atoms with van der Waals surface area (Å²) in [5.74, 6) is 0.737. The van der Waals surface area contributed by atoms with Crippen LogP contribution >= 0.6 is 0 Å². The van der Waals surface area contributed by atoms with E-state index >= 15 is 0 Å². The molecule has 0 atom stereocenters. The topological polar surface area (TPSA) is 68.6 Å². The fourth-order valence-electron chi connectivity index (χ4n) is 3.79. The van der Waals surface area contributed by atoms with Crippen LogP contribution in [-0.2, 0) is 5.54 Å². The van der Waals surface area contributed by atoms with Crippen LogP contribution in [0.4, 0.5) is 5.82 Å². The first kappa shape index (κ1) is 21.7. The molecule has 2 aromatic heterocycles. The highest BCUT2D eigenvalue weighted by Gasteiger charge is 2.33. The molecule has 3 aromatic rings. The summed E-state index contributed by atoms with van der Waals surface area (Å²) in [7, 11) is 0. The van der Waals surface area contributed by atoms with Gasteiger partial charge in [-0.05, 0) is 55.9 Å². The van der Waals surface area contributed by atoms with Gasteiger partial charge in [-0.1, -0.05) is 61.2 Å². The molecular weight excluding hydrogens is 394 g/mol. The Bertz CT molecular complexity index is 1240. The average molecular weight is 424 g/mol. The highest BCUT2D eigenvalue weighted by molar-refractivity contribution is 5.83. The number of hydrogen-bond acceptors (Lipinski definition) is 4. The number of hydrogen-bond donors (Lipinski definition) is 1. The third-order valence-electron chi connectivity index (χ3n) is 5.89. The van der Waals surface area contributed by atoms with E-state index in [4.69, 9.17) is 10.7 Å². The molecule has 0 unspecified atom stereocenters. The molecule has 0 bridgehead atoms. The molecule has 0 spiro atoms. The molecular formula is C27H29N5. The van der Waals surface area contributed by atoms with Crippen molar-refractivity contribution in [1.29, 1.82) is 0 Å². The minimum Gasteiger partial charge on any atom is -0.321 e. The number of nitrogens with two attached hydrogens (primary N) is 1. The van der Waals surface area contributed by atoms with Crippen LogP contribution in [0.25, 0.3) is 11.7 Å². The summed E-state index contributed by atoms with van der Waals surface area (Å²) in [6, 6.07) is 10.3. The van der Waals surface area contributed by atoms with Gasteiger partial charge < -0.3 is 5.73 Å². The molecule has 1 fully saturated rings. The largest absolute Gasteiger partial charge is 0.321 e. The molecule has 1 aromatic carbocycles. The van der Waals surface area contributed by atoms with Crippen molar-refractivity contribution in [3.8, 4) is 0 Å². The van der Waals surface area contributed by atoms with E-state index in [-0.39, 0.29) is 5.54 Å². The van der Waals surface area contributed by atoms with Crippen LogP contribution in [-0.4, -0.2) is 20.8 Å². The molecule has 0 amide bonds. The number of allylic oxidation sites excluding steroid dienone is 6. The first-order valence-corrected chi connectivity index (χ1v) is 10.9. The van der Waals surface area contributed by atoms with Gasteiger partial charge in [-0.2, -0.15) is 9.61 Å². The SMILES string of the molecule is C=C\C=C/C(/C=C/c1cnc2cc(C)nn2c1/N=C/c1ccc(C2(N)CCC2)cc1)=C\C. The summed E-state index contributed by atoms with van der Waals surface area (Å²) in [6.45, 7) is 7.69. The molecule has 4 rings (SSSR count). The van der Waals surface area contributed by atoms with Crippen LogP contribution in [0.3, 0.4) is 0 Å². The lowest BCUT2D eigenvalue weighted by atomic mass is 9.73. The van der Waals surface area contributed by atoms with Crippen LogP contribution < -0.4 is 5.73 Å². The van der Waals surface area contributed by atoms with Crippen molar-refractivity contribution in [3.05, 3.63) is 101 Å². The Balaban J connectivity index is 1.67. The van der Waals surface area contributed by atoms with Gasteiger partial charge in [0.2, 0.25) is 0 Å². The third-order valence-corrected chi connectivity index (χ3v) is 5.89. The zero-order valence-corrected chi connectivity index (χ0v) is 18.7. The van der Waals surface area contributed by atoms with E-state index < -0.39 is 0 Å². The van der Waals surface area contributed by atoms with Crippen LogP contribution in [0.2, 0.25) is 0 Å². The average Bonchev–Trinajstić information content (AvgIpc) is 3.17. The van der Waals surface area contributed by atoms with Gasteiger partial charge in [0.05, 0.1) is 5.69 Å². The second kappa shape index (κ2) is 9.28. The molecule has 5 heteroatoms. The van der Waals surface area contributed by atoms with Crippen molar-refractivity contribution in [2.75, 3.05) is 0 Å². The molecule has 32 heavy (non-hydrogen) atoms. The summed E-state index contributed by atoms with van der Waals surface area (Å²) in [4.78, 5) is 9.35. The van der Waals surface area contributed by atoms with Gasteiger partial charge in [-0.25, -0.2) is 9.98 Å². The maximum atomic E-state index is 6.45. The van der Waals surface area contributed by atoms with Crippen molar-refractivity contribution in [3.63, 3.8) is 0 Å². The summed E-state index contributed by atoms with van der Waals surface area (Å²) >= 11 is 0. The van der Waals surface area contributed by atoms with Crippen LogP contribution in [0.5, 0.6) is 0 Å². The zero-order valence-electron chi connectivity index (χ0n) is 18.7. The summed E-state index contributed by atoms with van der Waals surface area (Å²) in [5, 5.41) is 4.60. The molecule has 0 radical (unpaired) electrons. The quantitative estimate of drug-likeness (QED) is 0.384. The first-order valence-electron chi connectivity index (χ1n) is 10.9. The number of aryl methyl sites for hydroxylation is 1. The van der Waals surface area contributed by atoms with Crippen LogP contribution in [0.1, 0.15) is 48.6 Å². The summed E-state index contributed by atoms with van der Waals surface area (Å²) in [6.07, 6.45) is 18.8. The van der Waals surface area contributed by atoms with Gasteiger partial charge >= 0.3 is 0 Å². The number of aliphatic imine (C=N–C) groups is 1. The Morgan fingerprint density at radius 1 is 1.22 bits per heavy atom. The zero-order chi connectivity index (χ0) is 22.6. The lowest BCUT2D eigenvalue weighted by molar-refractivity contribution is 0.253. The smallest absolute Gasteiger partial charge is 0.164 e. The molecule has 1 aliphatic carbocycles. The normalized spacial score (nSPS) is 16.4. The lowest BCUT2D eigenvalue weighted by Crippen LogP contribution is -2.43. The molecule has 0 aliphatic heterocycles. The van der Waals surface area contributed by atoms with E-state index in [0.717, 1.165) is 46.7 Å². The van der Waals surface area contributed by atoms with E-state index in [0.29, 0.717) is 0 Å². The Morgan fingerprint density at radius 2 is 2.00 bits per heavy atom. The fourth-order valence-corrected chi connectivity index (χ4v) is 3.79. The molecule has 2 N–H and O–H groups in total. The maximum absolute atomic E-state index is 6.45. The highest BCUT2D eigenvalue weighted by atomic mass is 15.3. The molecule has 1 saturated carbocycles. The van der Waals surface area contributed by atoms with Gasteiger partial charge in [0.25, 0.3) is 0 Å². The molecule has 0 saturated heterocycles. The second-order valence-corrected chi connectivity index (χ2v) is 8.20. The molecule has 1 aliphatic rings. The Kier molecular flexibility index (Phi) is 6.28. The maximum Gasteiger partial charge on any atom is 0.164 e. The van der Waals surface area contributed by atoms with E-state index in [1.165, 1.54) is 12.0 Å². The van der Waals surface area contributed by atoms with Gasteiger partial charge in [0.15, 0.2) is 11.5 Å².